The van der Waals surface area contributed by atoms with Gasteiger partial charge in [-0.3, -0.25) is 9.89 Å². The van der Waals surface area contributed by atoms with Gasteiger partial charge in [0.1, 0.15) is 0 Å². The van der Waals surface area contributed by atoms with Gasteiger partial charge in [0.25, 0.3) is 5.91 Å². The molecule has 1 atom stereocenters. The topological polar surface area (TPSA) is 75.6 Å². The molecule has 0 fully saturated rings. The third-order valence-electron chi connectivity index (χ3n) is 4.12. The molecule has 6 nitrogen and oxygen atoms in total. The second-order valence-corrected chi connectivity index (χ2v) is 8.52. The molecule has 3 aromatic rings. The van der Waals surface area contributed by atoms with Gasteiger partial charge in [-0.05, 0) is 30.5 Å². The molecule has 0 bridgehead atoms. The summed E-state index contributed by atoms with van der Waals surface area (Å²) in [5, 5.41) is 10.3. The molecule has 3 heterocycles. The maximum Gasteiger partial charge on any atom is 0.272 e. The van der Waals surface area contributed by atoms with Crippen LogP contribution in [0.5, 0.6) is 0 Å². The Morgan fingerprint density at radius 1 is 1.40 bits per heavy atom. The second kappa shape index (κ2) is 6.84. The van der Waals surface area contributed by atoms with Gasteiger partial charge in [0, 0.05) is 23.8 Å². The van der Waals surface area contributed by atoms with Crippen LogP contribution in [0, 0.1) is 12.3 Å². The summed E-state index contributed by atoms with van der Waals surface area (Å²) in [6.07, 6.45) is 5.40. The Bertz CT molecular complexity index is 841. The van der Waals surface area contributed by atoms with Gasteiger partial charge < -0.3 is 9.88 Å². The quantitative estimate of drug-likeness (QED) is 0.734. The van der Waals surface area contributed by atoms with Crippen LogP contribution in [0.15, 0.2) is 36.9 Å². The summed E-state index contributed by atoms with van der Waals surface area (Å²) in [6.45, 7) is 9.05. The molecule has 0 radical (unpaired) electrons. The lowest BCUT2D eigenvalue weighted by Crippen LogP contribution is -2.46. The average molecular weight is 357 g/mol. The van der Waals surface area contributed by atoms with Gasteiger partial charge in [0.15, 0.2) is 5.69 Å². The number of hydrogen-bond acceptors (Lipinski definition) is 4. The van der Waals surface area contributed by atoms with Gasteiger partial charge in [-0.2, -0.15) is 5.10 Å². The molecule has 3 aromatic heterocycles. The van der Waals surface area contributed by atoms with E-state index in [0.717, 1.165) is 10.6 Å². The molecule has 25 heavy (non-hydrogen) atoms. The van der Waals surface area contributed by atoms with Gasteiger partial charge in [-0.1, -0.05) is 20.8 Å². The first-order valence-electron chi connectivity index (χ1n) is 8.22. The smallest absolute Gasteiger partial charge is 0.272 e. The number of aromatic nitrogens is 4. The van der Waals surface area contributed by atoms with E-state index in [1.807, 2.05) is 16.8 Å². The Balaban J connectivity index is 1.74. The zero-order valence-corrected chi connectivity index (χ0v) is 15.7. The monoisotopic (exact) mass is 357 g/mol. The molecule has 2 N–H and O–H groups in total. The molecular formula is C18H23N5OS. The molecule has 7 heteroatoms. The molecule has 0 saturated heterocycles. The number of nitrogens with one attached hydrogen (secondary N) is 2. The number of carbonyl (C=O) groups excluding carboxylic acids is 1. The maximum absolute atomic E-state index is 12.7. The minimum absolute atomic E-state index is 0.0432. The summed E-state index contributed by atoms with van der Waals surface area (Å²) in [6, 6.07) is 5.85. The van der Waals surface area contributed by atoms with Crippen LogP contribution in [0.25, 0.3) is 10.6 Å². The van der Waals surface area contributed by atoms with Crippen molar-refractivity contribution >= 4 is 17.2 Å². The highest BCUT2D eigenvalue weighted by Crippen LogP contribution is 2.26. The first-order chi connectivity index (χ1) is 11.8. The fourth-order valence-corrected chi connectivity index (χ4v) is 3.35. The number of aromatic amines is 1. The first kappa shape index (κ1) is 17.4. The molecule has 0 aliphatic heterocycles. The standard InChI is InChI=1S/C18H23N5OS/c1-12-5-6-15(25-12)13-9-14(22-21-13)17(24)20-16(18(2,3)4)10-23-8-7-19-11-23/h5-9,11,16H,10H2,1-4H3,(H,20,24)(H,21,22)/t16-/m0/s1. The van der Waals surface area contributed by atoms with Gasteiger partial charge in [0.2, 0.25) is 0 Å². The van der Waals surface area contributed by atoms with Crippen molar-refractivity contribution in [3.8, 4) is 10.6 Å². The summed E-state index contributed by atoms with van der Waals surface area (Å²) < 4.78 is 1.97. The summed E-state index contributed by atoms with van der Waals surface area (Å²) in [5.41, 5.74) is 1.18. The number of hydrogen-bond donors (Lipinski definition) is 2. The Kier molecular flexibility index (Phi) is 4.76. The van der Waals surface area contributed by atoms with Gasteiger partial charge in [-0.25, -0.2) is 4.98 Å². The van der Waals surface area contributed by atoms with Crippen molar-refractivity contribution in [3.63, 3.8) is 0 Å². The highest BCUT2D eigenvalue weighted by molar-refractivity contribution is 7.15. The molecule has 3 rings (SSSR count). The van der Waals surface area contributed by atoms with Crippen LogP contribution in [0.2, 0.25) is 0 Å². The SMILES string of the molecule is Cc1ccc(-c2cc(C(=O)N[C@@H](Cn3ccnc3)C(C)(C)C)n[nH]2)s1. The fraction of sp³-hybridized carbons (Fsp3) is 0.389. The van der Waals surface area contributed by atoms with E-state index in [0.29, 0.717) is 12.2 Å². The van der Waals surface area contributed by atoms with Crippen molar-refractivity contribution in [3.05, 3.63) is 47.5 Å². The van der Waals surface area contributed by atoms with Crippen molar-refractivity contribution in [2.75, 3.05) is 0 Å². The van der Waals surface area contributed by atoms with Crippen LogP contribution in [0.3, 0.4) is 0 Å². The fourth-order valence-electron chi connectivity index (χ4n) is 2.52. The number of amides is 1. The molecule has 0 aromatic carbocycles. The number of imidazole rings is 1. The molecule has 0 aliphatic rings. The lowest BCUT2D eigenvalue weighted by molar-refractivity contribution is 0.0887. The molecule has 0 spiro atoms. The maximum atomic E-state index is 12.7. The Hall–Kier alpha value is -2.41. The third kappa shape index (κ3) is 4.17. The predicted molar refractivity (Wildman–Crippen MR) is 99.6 cm³/mol. The van der Waals surface area contributed by atoms with Crippen LogP contribution >= 0.6 is 11.3 Å². The van der Waals surface area contributed by atoms with E-state index in [1.165, 1.54) is 4.88 Å². The van der Waals surface area contributed by atoms with E-state index < -0.39 is 0 Å². The highest BCUT2D eigenvalue weighted by Gasteiger charge is 2.27. The Morgan fingerprint density at radius 3 is 2.80 bits per heavy atom. The zero-order valence-electron chi connectivity index (χ0n) is 14.9. The summed E-state index contributed by atoms with van der Waals surface area (Å²) in [7, 11) is 0. The number of thiophene rings is 1. The molecule has 1 amide bonds. The average Bonchev–Trinajstić information content (AvgIpc) is 3.26. The number of aryl methyl sites for hydroxylation is 1. The second-order valence-electron chi connectivity index (χ2n) is 7.23. The first-order valence-corrected chi connectivity index (χ1v) is 9.03. The minimum Gasteiger partial charge on any atom is -0.346 e. The van der Waals surface area contributed by atoms with Crippen molar-refractivity contribution in [1.29, 1.82) is 0 Å². The number of rotatable bonds is 5. The van der Waals surface area contributed by atoms with Crippen molar-refractivity contribution in [2.45, 2.75) is 40.3 Å². The minimum atomic E-state index is -0.171. The van der Waals surface area contributed by atoms with Crippen LogP contribution in [0.4, 0.5) is 0 Å². The molecular weight excluding hydrogens is 334 g/mol. The van der Waals surface area contributed by atoms with Gasteiger partial charge >= 0.3 is 0 Å². The summed E-state index contributed by atoms with van der Waals surface area (Å²) in [5.74, 6) is -0.171. The van der Waals surface area contributed by atoms with Gasteiger partial charge in [-0.15, -0.1) is 11.3 Å². The van der Waals surface area contributed by atoms with E-state index in [9.17, 15) is 4.79 Å². The normalized spacial score (nSPS) is 13.0. The van der Waals surface area contributed by atoms with Crippen molar-refractivity contribution < 1.29 is 4.79 Å². The van der Waals surface area contributed by atoms with E-state index in [4.69, 9.17) is 0 Å². The predicted octanol–water partition coefficient (Wildman–Crippen LogP) is 3.49. The number of carbonyl (C=O) groups is 1. The number of nitrogens with zero attached hydrogens (tertiary/aromatic N) is 3. The lowest BCUT2D eigenvalue weighted by Gasteiger charge is -2.31. The molecule has 0 aliphatic carbocycles. The van der Waals surface area contributed by atoms with E-state index in [-0.39, 0.29) is 17.4 Å². The van der Waals surface area contributed by atoms with E-state index in [2.05, 4.69) is 54.3 Å². The number of H-pyrrole nitrogens is 1. The van der Waals surface area contributed by atoms with Crippen LogP contribution < -0.4 is 5.32 Å². The summed E-state index contributed by atoms with van der Waals surface area (Å²) >= 11 is 1.67. The van der Waals surface area contributed by atoms with E-state index in [1.54, 1.807) is 29.9 Å². The van der Waals surface area contributed by atoms with Crippen molar-refractivity contribution in [1.82, 2.24) is 25.1 Å². The van der Waals surface area contributed by atoms with Crippen LogP contribution in [-0.4, -0.2) is 31.7 Å². The zero-order chi connectivity index (χ0) is 18.0. The largest absolute Gasteiger partial charge is 0.346 e. The highest BCUT2D eigenvalue weighted by atomic mass is 32.1. The van der Waals surface area contributed by atoms with Gasteiger partial charge in [0.05, 0.1) is 22.9 Å². The van der Waals surface area contributed by atoms with Crippen molar-refractivity contribution in [2.24, 2.45) is 5.41 Å². The molecule has 0 saturated carbocycles. The van der Waals surface area contributed by atoms with E-state index >= 15 is 0 Å². The van der Waals surface area contributed by atoms with Crippen LogP contribution in [-0.2, 0) is 6.54 Å². The molecule has 132 valence electrons. The molecule has 0 unspecified atom stereocenters. The Labute approximate surface area is 151 Å². The lowest BCUT2D eigenvalue weighted by atomic mass is 9.86. The third-order valence-corrected chi connectivity index (χ3v) is 5.15. The van der Waals surface area contributed by atoms with Crippen LogP contribution in [0.1, 0.15) is 36.1 Å². The summed E-state index contributed by atoms with van der Waals surface area (Å²) in [4.78, 5) is 19.0. The Morgan fingerprint density at radius 2 is 2.20 bits per heavy atom.